The van der Waals surface area contributed by atoms with Gasteiger partial charge in [0.1, 0.15) is 0 Å². The minimum atomic E-state index is -1.45. The van der Waals surface area contributed by atoms with E-state index in [9.17, 15) is 19.7 Å². The van der Waals surface area contributed by atoms with Crippen LogP contribution in [0.1, 0.15) is 0 Å². The number of rotatable bonds is 5. The number of nitro groups is 1. The molecule has 2 N–H and O–H groups in total. The standard InChI is InChI=1S/C4H6N2O6/c7-3(8)1-5(6(11)12)2-4(9)10/h1-2H2,(H,7,8)(H,9,10). The number of carboxylic acid groups (broad SMARTS) is 2. The first-order valence-corrected chi connectivity index (χ1v) is 2.76. The molecule has 68 valence electrons. The zero-order chi connectivity index (χ0) is 9.72. The maximum absolute atomic E-state index is 9.98. The molecule has 0 aliphatic heterocycles. The van der Waals surface area contributed by atoms with Gasteiger partial charge in [-0.15, -0.1) is 5.01 Å². The summed E-state index contributed by atoms with van der Waals surface area (Å²) in [6, 6.07) is 0. The Hall–Kier alpha value is -1.86. The summed E-state index contributed by atoms with van der Waals surface area (Å²) in [5.41, 5.74) is 0. The molecule has 12 heavy (non-hydrogen) atoms. The number of aliphatic carboxylic acids is 2. The number of nitrogens with zero attached hydrogens (tertiary/aromatic N) is 2. The maximum atomic E-state index is 9.98. The Kier molecular flexibility index (Phi) is 3.47. The van der Waals surface area contributed by atoms with E-state index in [4.69, 9.17) is 10.2 Å². The Bertz CT molecular complexity index is 198. The average molecular weight is 178 g/mol. The Morgan fingerprint density at radius 3 is 1.75 bits per heavy atom. The zero-order valence-electron chi connectivity index (χ0n) is 5.84. The van der Waals surface area contributed by atoms with Crippen LogP contribution in [0.2, 0.25) is 0 Å². The molecule has 0 spiro atoms. The normalized spacial score (nSPS) is 9.00. The smallest absolute Gasteiger partial charge is 0.329 e. The second kappa shape index (κ2) is 4.11. The average Bonchev–Trinajstić information content (AvgIpc) is 1.83. The van der Waals surface area contributed by atoms with E-state index >= 15 is 0 Å². The monoisotopic (exact) mass is 178 g/mol. The van der Waals surface area contributed by atoms with Gasteiger partial charge in [0.05, 0.1) is 0 Å². The molecule has 0 unspecified atom stereocenters. The van der Waals surface area contributed by atoms with Crippen LogP contribution in [0, 0.1) is 10.1 Å². The van der Waals surface area contributed by atoms with Crippen LogP contribution in [0.5, 0.6) is 0 Å². The molecule has 0 aliphatic rings. The molecule has 8 nitrogen and oxygen atoms in total. The Morgan fingerprint density at radius 1 is 1.25 bits per heavy atom. The third-order valence-corrected chi connectivity index (χ3v) is 0.866. The number of carbonyl (C=O) groups is 2. The third kappa shape index (κ3) is 4.04. The first-order chi connectivity index (χ1) is 5.43. The lowest BCUT2D eigenvalue weighted by Crippen LogP contribution is -2.38. The van der Waals surface area contributed by atoms with Crippen LogP contribution < -0.4 is 0 Å². The van der Waals surface area contributed by atoms with Gasteiger partial charge in [-0.3, -0.25) is 9.59 Å². The lowest BCUT2D eigenvalue weighted by molar-refractivity contribution is -0.650. The maximum Gasteiger partial charge on any atom is 0.329 e. The highest BCUT2D eigenvalue weighted by molar-refractivity contribution is 5.72. The summed E-state index contributed by atoms with van der Waals surface area (Å²) in [4.78, 5) is 29.9. The van der Waals surface area contributed by atoms with E-state index in [-0.39, 0.29) is 5.01 Å². The molecule has 0 atom stereocenters. The lowest BCUT2D eigenvalue weighted by atomic mass is 10.5. The second-order valence-electron chi connectivity index (χ2n) is 1.85. The van der Waals surface area contributed by atoms with Crippen LogP contribution in [0.15, 0.2) is 0 Å². The highest BCUT2D eigenvalue weighted by atomic mass is 16.7. The molecule has 0 heterocycles. The van der Waals surface area contributed by atoms with Crippen LogP contribution >= 0.6 is 0 Å². The predicted octanol–water partition coefficient (Wildman–Crippen LogP) is -1.35. The molecule has 0 bridgehead atoms. The molecule has 0 radical (unpaired) electrons. The second-order valence-corrected chi connectivity index (χ2v) is 1.85. The minimum absolute atomic E-state index is 0.0880. The summed E-state index contributed by atoms with van der Waals surface area (Å²) < 4.78 is 0. The van der Waals surface area contributed by atoms with E-state index in [0.717, 1.165) is 0 Å². The Labute approximate surface area is 66.1 Å². The van der Waals surface area contributed by atoms with Crippen LogP contribution in [-0.4, -0.2) is 45.3 Å². The number of carboxylic acids is 2. The van der Waals surface area contributed by atoms with Crippen molar-refractivity contribution in [2.24, 2.45) is 0 Å². The van der Waals surface area contributed by atoms with Gasteiger partial charge in [0.2, 0.25) is 0 Å². The van der Waals surface area contributed by atoms with Crippen molar-refractivity contribution in [2.45, 2.75) is 0 Å². The molecule has 0 aromatic heterocycles. The SMILES string of the molecule is O=C(O)CN(CC(=O)O)[N+](=O)[O-]. The molecule has 8 heteroatoms. The summed E-state index contributed by atoms with van der Waals surface area (Å²) in [7, 11) is 0. The number of hydrogen-bond donors (Lipinski definition) is 2. The molecular formula is C4H6N2O6. The molecule has 0 aromatic rings. The molecule has 0 aliphatic carbocycles. The quantitative estimate of drug-likeness (QED) is 0.394. The number of hydrogen-bond acceptors (Lipinski definition) is 4. The molecular weight excluding hydrogens is 172 g/mol. The van der Waals surface area contributed by atoms with Crippen LogP contribution in [0.4, 0.5) is 0 Å². The number of hydrazine groups is 1. The highest BCUT2D eigenvalue weighted by Crippen LogP contribution is 1.87. The predicted molar refractivity (Wildman–Crippen MR) is 33.8 cm³/mol. The van der Waals surface area contributed by atoms with Gasteiger partial charge in [0, 0.05) is 0 Å². The fourth-order valence-corrected chi connectivity index (χ4v) is 0.484. The molecule has 0 saturated heterocycles. The third-order valence-electron chi connectivity index (χ3n) is 0.866. The van der Waals surface area contributed by atoms with Crippen molar-refractivity contribution in [3.8, 4) is 0 Å². The van der Waals surface area contributed by atoms with E-state index in [1.165, 1.54) is 0 Å². The minimum Gasteiger partial charge on any atom is -0.480 e. The lowest BCUT2D eigenvalue weighted by Gasteiger charge is -2.07. The summed E-state index contributed by atoms with van der Waals surface area (Å²) in [6.45, 7) is -1.86. The van der Waals surface area contributed by atoms with Gasteiger partial charge in [0.25, 0.3) is 0 Å². The van der Waals surface area contributed by atoms with Crippen molar-refractivity contribution in [1.29, 1.82) is 0 Å². The van der Waals surface area contributed by atoms with Crippen molar-refractivity contribution >= 4 is 11.9 Å². The molecule has 0 fully saturated rings. The summed E-state index contributed by atoms with van der Waals surface area (Å²) >= 11 is 0. The van der Waals surface area contributed by atoms with Crippen LogP contribution in [0.3, 0.4) is 0 Å². The van der Waals surface area contributed by atoms with Gasteiger partial charge in [-0.25, -0.2) is 10.1 Å². The van der Waals surface area contributed by atoms with Gasteiger partial charge < -0.3 is 10.2 Å². The van der Waals surface area contributed by atoms with Gasteiger partial charge in [-0.2, -0.15) is 0 Å². The van der Waals surface area contributed by atoms with Crippen LogP contribution in [0.25, 0.3) is 0 Å². The first-order valence-electron chi connectivity index (χ1n) is 2.76. The van der Waals surface area contributed by atoms with E-state index in [1.807, 2.05) is 0 Å². The zero-order valence-corrected chi connectivity index (χ0v) is 5.84. The van der Waals surface area contributed by atoms with Gasteiger partial charge in [-0.1, -0.05) is 0 Å². The van der Waals surface area contributed by atoms with Crippen molar-refractivity contribution in [3.05, 3.63) is 10.1 Å². The largest absolute Gasteiger partial charge is 0.480 e. The molecule has 0 aromatic carbocycles. The summed E-state index contributed by atoms with van der Waals surface area (Å²) in [5, 5.41) is 25.2. The Morgan fingerprint density at radius 2 is 1.58 bits per heavy atom. The summed E-state index contributed by atoms with van der Waals surface area (Å²) in [5.74, 6) is -2.90. The molecule has 0 saturated carbocycles. The highest BCUT2D eigenvalue weighted by Gasteiger charge is 2.20. The van der Waals surface area contributed by atoms with E-state index < -0.39 is 30.1 Å². The van der Waals surface area contributed by atoms with Gasteiger partial charge in [-0.05, 0) is 0 Å². The van der Waals surface area contributed by atoms with Crippen molar-refractivity contribution in [1.82, 2.24) is 5.01 Å². The van der Waals surface area contributed by atoms with E-state index in [2.05, 4.69) is 0 Å². The van der Waals surface area contributed by atoms with Gasteiger partial charge in [0.15, 0.2) is 18.1 Å². The summed E-state index contributed by atoms with van der Waals surface area (Å²) in [6.07, 6.45) is 0. The fourth-order valence-electron chi connectivity index (χ4n) is 0.484. The van der Waals surface area contributed by atoms with Crippen molar-refractivity contribution < 1.29 is 24.8 Å². The van der Waals surface area contributed by atoms with Crippen LogP contribution in [-0.2, 0) is 9.59 Å². The van der Waals surface area contributed by atoms with Crippen molar-refractivity contribution in [3.63, 3.8) is 0 Å². The molecule has 0 rings (SSSR count). The fraction of sp³-hybridized carbons (Fsp3) is 0.500. The van der Waals surface area contributed by atoms with E-state index in [1.54, 1.807) is 0 Å². The molecule has 0 amide bonds. The van der Waals surface area contributed by atoms with Crippen molar-refractivity contribution in [2.75, 3.05) is 13.1 Å². The first kappa shape index (κ1) is 10.1. The topological polar surface area (TPSA) is 121 Å². The van der Waals surface area contributed by atoms with Gasteiger partial charge >= 0.3 is 11.9 Å². The van der Waals surface area contributed by atoms with E-state index in [0.29, 0.717) is 0 Å². The Balaban J connectivity index is 4.14.